The van der Waals surface area contributed by atoms with E-state index < -0.39 is 0 Å². The highest BCUT2D eigenvalue weighted by molar-refractivity contribution is 6.00. The van der Waals surface area contributed by atoms with Crippen LogP contribution in [0.2, 0.25) is 0 Å². The van der Waals surface area contributed by atoms with E-state index in [0.717, 1.165) is 41.7 Å². The highest BCUT2D eigenvalue weighted by Crippen LogP contribution is 2.27. The molecule has 0 spiro atoms. The van der Waals surface area contributed by atoms with Crippen LogP contribution in [0.3, 0.4) is 0 Å². The summed E-state index contributed by atoms with van der Waals surface area (Å²) in [6.45, 7) is 1.58. The number of carbonyl (C=O) groups excluding carboxylic acids is 1. The lowest BCUT2D eigenvalue weighted by atomic mass is 9.99. The fraction of sp³-hybridized carbons (Fsp3) is 0.214. The third-order valence-electron chi connectivity index (χ3n) is 6.49. The number of amides is 1. The highest BCUT2D eigenvalue weighted by Gasteiger charge is 2.28. The Balaban J connectivity index is 1.43. The second kappa shape index (κ2) is 9.04. The minimum Gasteiger partial charge on any atom is -0.337 e. The van der Waals surface area contributed by atoms with Crippen molar-refractivity contribution in [2.75, 3.05) is 27.2 Å². The van der Waals surface area contributed by atoms with Gasteiger partial charge in [-0.1, -0.05) is 60.7 Å². The van der Waals surface area contributed by atoms with Crippen molar-refractivity contribution in [1.82, 2.24) is 20.0 Å². The van der Waals surface area contributed by atoms with Crippen molar-refractivity contribution >= 4 is 29.0 Å². The molecule has 5 heteroatoms. The molecule has 0 aliphatic carbocycles. The Morgan fingerprint density at radius 1 is 1.03 bits per heavy atom. The Morgan fingerprint density at radius 2 is 1.82 bits per heavy atom. The normalized spacial score (nSPS) is 16.3. The molecule has 1 aromatic heterocycles. The zero-order valence-electron chi connectivity index (χ0n) is 19.0. The van der Waals surface area contributed by atoms with Gasteiger partial charge in [-0.3, -0.25) is 9.89 Å². The number of aromatic amines is 1. The van der Waals surface area contributed by atoms with Crippen LogP contribution in [0.15, 0.2) is 72.8 Å². The second-order valence-corrected chi connectivity index (χ2v) is 8.81. The molecule has 33 heavy (non-hydrogen) atoms. The number of benzene rings is 3. The summed E-state index contributed by atoms with van der Waals surface area (Å²) in [4.78, 5) is 17.3. The molecule has 4 aromatic rings. The molecule has 2 heterocycles. The van der Waals surface area contributed by atoms with E-state index in [1.807, 2.05) is 41.3 Å². The van der Waals surface area contributed by atoms with Gasteiger partial charge in [0.2, 0.25) is 0 Å². The summed E-state index contributed by atoms with van der Waals surface area (Å²) in [6, 6.07) is 24.9. The number of hydrogen-bond donors (Lipinski definition) is 1. The Morgan fingerprint density at radius 3 is 2.61 bits per heavy atom. The van der Waals surface area contributed by atoms with Gasteiger partial charge in [0.15, 0.2) is 0 Å². The van der Waals surface area contributed by atoms with Gasteiger partial charge in [0.05, 0.1) is 11.2 Å². The Bertz CT molecular complexity index is 1310. The molecule has 1 fully saturated rings. The fourth-order valence-electron chi connectivity index (χ4n) is 4.52. The lowest BCUT2D eigenvalue weighted by Gasteiger charge is -2.20. The summed E-state index contributed by atoms with van der Waals surface area (Å²) in [5, 5.41) is 8.55. The van der Waals surface area contributed by atoms with E-state index >= 15 is 0 Å². The predicted octanol–water partition coefficient (Wildman–Crippen LogP) is 5.18. The fourth-order valence-corrected chi connectivity index (χ4v) is 4.52. The van der Waals surface area contributed by atoms with Crippen molar-refractivity contribution in [2.45, 2.75) is 12.5 Å². The van der Waals surface area contributed by atoms with E-state index in [0.29, 0.717) is 11.6 Å². The molecule has 0 unspecified atom stereocenters. The van der Waals surface area contributed by atoms with E-state index in [9.17, 15) is 4.79 Å². The Labute approximate surface area is 194 Å². The largest absolute Gasteiger partial charge is 0.337 e. The average molecular weight is 437 g/mol. The van der Waals surface area contributed by atoms with E-state index in [1.54, 1.807) is 0 Å². The average Bonchev–Trinajstić information content (AvgIpc) is 3.50. The maximum absolute atomic E-state index is 13.1. The molecule has 5 nitrogen and oxygen atoms in total. The van der Waals surface area contributed by atoms with Gasteiger partial charge in [0.1, 0.15) is 0 Å². The summed E-state index contributed by atoms with van der Waals surface area (Å²) in [6.07, 6.45) is 5.13. The molecule has 0 bridgehead atoms. The molecular weight excluding hydrogens is 408 g/mol. The highest BCUT2D eigenvalue weighted by atomic mass is 16.2. The summed E-state index contributed by atoms with van der Waals surface area (Å²) >= 11 is 0. The van der Waals surface area contributed by atoms with Crippen molar-refractivity contribution in [3.8, 4) is 11.1 Å². The summed E-state index contributed by atoms with van der Waals surface area (Å²) < 4.78 is 0. The number of carbonyl (C=O) groups is 1. The smallest absolute Gasteiger partial charge is 0.253 e. The van der Waals surface area contributed by atoms with Gasteiger partial charge in [0.25, 0.3) is 5.91 Å². The SMILES string of the molecule is CN(C)[C@H]1CCN(C(=O)c2ccc3[nH]nc(/C=C\c4ccccc4-c4ccccc4)c3c2)C1. The molecule has 1 atom stereocenters. The number of hydrogen-bond acceptors (Lipinski definition) is 3. The van der Waals surface area contributed by atoms with Gasteiger partial charge in [0, 0.05) is 30.1 Å². The summed E-state index contributed by atoms with van der Waals surface area (Å²) in [5.41, 5.74) is 5.94. The number of likely N-dealkylation sites (tertiary alicyclic amines) is 1. The monoisotopic (exact) mass is 436 g/mol. The summed E-state index contributed by atoms with van der Waals surface area (Å²) in [5.74, 6) is 0.0896. The number of nitrogens with one attached hydrogen (secondary N) is 1. The van der Waals surface area contributed by atoms with Crippen LogP contribution in [-0.4, -0.2) is 59.1 Å². The molecule has 0 saturated carbocycles. The van der Waals surface area contributed by atoms with Crippen LogP contribution in [0.4, 0.5) is 0 Å². The molecule has 1 aliphatic heterocycles. The van der Waals surface area contributed by atoms with Gasteiger partial charge in [-0.2, -0.15) is 5.10 Å². The first-order valence-corrected chi connectivity index (χ1v) is 11.4. The van der Waals surface area contributed by atoms with E-state index in [2.05, 4.69) is 77.7 Å². The molecule has 5 rings (SSSR count). The van der Waals surface area contributed by atoms with Crippen molar-refractivity contribution in [3.05, 3.63) is 89.6 Å². The lowest BCUT2D eigenvalue weighted by Crippen LogP contribution is -2.34. The first kappa shape index (κ1) is 21.2. The number of fused-ring (bicyclic) bond motifs is 1. The molecule has 0 radical (unpaired) electrons. The second-order valence-electron chi connectivity index (χ2n) is 8.81. The third kappa shape index (κ3) is 4.32. The minimum absolute atomic E-state index is 0.0896. The van der Waals surface area contributed by atoms with Gasteiger partial charge in [-0.25, -0.2) is 0 Å². The predicted molar refractivity (Wildman–Crippen MR) is 135 cm³/mol. The first-order valence-electron chi connectivity index (χ1n) is 11.4. The van der Waals surface area contributed by atoms with Gasteiger partial charge in [-0.05, 0) is 61.5 Å². The van der Waals surface area contributed by atoms with Crippen molar-refractivity contribution < 1.29 is 4.79 Å². The number of rotatable bonds is 5. The molecule has 1 N–H and O–H groups in total. The molecule has 3 aromatic carbocycles. The van der Waals surface area contributed by atoms with Crippen LogP contribution >= 0.6 is 0 Å². The molecule has 1 saturated heterocycles. The van der Waals surface area contributed by atoms with Gasteiger partial charge >= 0.3 is 0 Å². The van der Waals surface area contributed by atoms with Crippen molar-refractivity contribution in [2.24, 2.45) is 0 Å². The first-order chi connectivity index (χ1) is 16.1. The maximum atomic E-state index is 13.1. The molecule has 1 aliphatic rings. The minimum atomic E-state index is 0.0896. The number of aromatic nitrogens is 2. The van der Waals surface area contributed by atoms with Crippen LogP contribution < -0.4 is 0 Å². The quantitative estimate of drug-likeness (QED) is 0.469. The Hall–Kier alpha value is -3.70. The zero-order valence-corrected chi connectivity index (χ0v) is 19.0. The number of nitrogens with zero attached hydrogens (tertiary/aromatic N) is 3. The third-order valence-corrected chi connectivity index (χ3v) is 6.49. The zero-order chi connectivity index (χ0) is 22.8. The van der Waals surface area contributed by atoms with Crippen LogP contribution in [0.5, 0.6) is 0 Å². The number of H-pyrrole nitrogens is 1. The number of likely N-dealkylation sites (N-methyl/N-ethyl adjacent to an activating group) is 1. The topological polar surface area (TPSA) is 52.2 Å². The van der Waals surface area contributed by atoms with E-state index in [4.69, 9.17) is 0 Å². The molecule has 1 amide bonds. The Kier molecular flexibility index (Phi) is 5.80. The van der Waals surface area contributed by atoms with Crippen molar-refractivity contribution in [3.63, 3.8) is 0 Å². The van der Waals surface area contributed by atoms with Gasteiger partial charge in [-0.15, -0.1) is 0 Å². The van der Waals surface area contributed by atoms with Gasteiger partial charge < -0.3 is 9.80 Å². The van der Waals surface area contributed by atoms with E-state index in [-0.39, 0.29) is 5.91 Å². The van der Waals surface area contributed by atoms with E-state index in [1.165, 1.54) is 11.1 Å². The summed E-state index contributed by atoms with van der Waals surface area (Å²) in [7, 11) is 4.15. The molecule has 166 valence electrons. The maximum Gasteiger partial charge on any atom is 0.253 e. The van der Waals surface area contributed by atoms with Crippen molar-refractivity contribution in [1.29, 1.82) is 0 Å². The van der Waals surface area contributed by atoms with Crippen LogP contribution in [0, 0.1) is 0 Å². The standard InChI is InChI=1S/C28H28N4O/c1-31(2)23-16-17-32(19-23)28(33)22-13-15-27-25(18-22)26(29-30-27)14-12-21-10-6-7-11-24(21)20-8-4-3-5-9-20/h3-15,18,23H,16-17,19H2,1-2H3,(H,29,30)/b14-12-/t23-/m0/s1. The van der Waals surface area contributed by atoms with Crippen LogP contribution in [0.1, 0.15) is 28.0 Å². The molecular formula is C28H28N4O. The van der Waals surface area contributed by atoms with Crippen LogP contribution in [0.25, 0.3) is 34.2 Å². The lowest BCUT2D eigenvalue weighted by molar-refractivity contribution is 0.0783. The van der Waals surface area contributed by atoms with Crippen LogP contribution in [-0.2, 0) is 0 Å².